The maximum atomic E-state index is 10.5. The number of nitrogens with two attached hydrogens (primary N) is 1. The molecule has 128 valence electrons. The minimum absolute atomic E-state index is 0.0565. The molecule has 0 bridgehead atoms. The van der Waals surface area contributed by atoms with Crippen LogP contribution in [0.25, 0.3) is 0 Å². The third-order valence-corrected chi connectivity index (χ3v) is 4.66. The van der Waals surface area contributed by atoms with Gasteiger partial charge in [0.15, 0.2) is 0 Å². The number of benzene rings is 1. The first-order valence-electron chi connectivity index (χ1n) is 7.63. The van der Waals surface area contributed by atoms with Crippen LogP contribution in [0.1, 0.15) is 29.8 Å². The molecule has 1 aromatic carbocycles. The highest BCUT2D eigenvalue weighted by Gasteiger charge is 2.22. The summed E-state index contributed by atoms with van der Waals surface area (Å²) in [6, 6.07) is 7.84. The highest BCUT2D eigenvalue weighted by molar-refractivity contribution is 6.42. The number of rotatable bonds is 5. The monoisotopic (exact) mass is 368 g/mol. The van der Waals surface area contributed by atoms with Crippen LogP contribution in [0.4, 0.5) is 0 Å². The van der Waals surface area contributed by atoms with E-state index in [1.807, 2.05) is 0 Å². The lowest BCUT2D eigenvalue weighted by atomic mass is 10.00. The third kappa shape index (κ3) is 3.99. The van der Waals surface area contributed by atoms with Gasteiger partial charge in [-0.1, -0.05) is 29.3 Å². The fourth-order valence-corrected chi connectivity index (χ4v) is 2.83. The fourth-order valence-electron chi connectivity index (χ4n) is 2.52. The molecule has 24 heavy (non-hydrogen) atoms. The van der Waals surface area contributed by atoms with Crippen molar-refractivity contribution in [3.63, 3.8) is 0 Å². The lowest BCUT2D eigenvalue weighted by Crippen LogP contribution is -2.20. The molecular weight excluding hydrogens is 351 g/mol. The highest BCUT2D eigenvalue weighted by atomic mass is 35.5. The summed E-state index contributed by atoms with van der Waals surface area (Å²) in [5.74, 6) is 0.643. The van der Waals surface area contributed by atoms with Crippen molar-refractivity contribution >= 4 is 23.2 Å². The van der Waals surface area contributed by atoms with Gasteiger partial charge in [-0.15, -0.1) is 0 Å². The van der Waals surface area contributed by atoms with E-state index in [4.69, 9.17) is 38.4 Å². The average Bonchev–Trinajstić information content (AvgIpc) is 3.10. The number of hydrogen-bond acceptors (Lipinski definition) is 5. The molecule has 7 heteroatoms. The largest absolute Gasteiger partial charge is 0.486 e. The topological polar surface area (TPSA) is 77.6 Å². The standard InChI is InChI=1S/C17H18Cl2N2O3/c18-13-3-1-10(7-14(13)19)16(20)17(22)15-4-2-11(8-21-15)24-12-5-6-23-9-12/h1-4,7-8,12,16-17,22H,5-6,9,20H2/t12?,16-,17-/m1/s1. The van der Waals surface area contributed by atoms with Crippen LogP contribution in [-0.4, -0.2) is 29.4 Å². The molecule has 2 aromatic rings. The Bertz CT molecular complexity index is 691. The zero-order valence-corrected chi connectivity index (χ0v) is 14.4. The van der Waals surface area contributed by atoms with E-state index in [9.17, 15) is 5.11 Å². The van der Waals surface area contributed by atoms with E-state index in [1.165, 1.54) is 0 Å². The summed E-state index contributed by atoms with van der Waals surface area (Å²) < 4.78 is 11.0. The van der Waals surface area contributed by atoms with Gasteiger partial charge in [0, 0.05) is 6.42 Å². The summed E-state index contributed by atoms with van der Waals surface area (Å²) in [6.45, 7) is 1.31. The zero-order chi connectivity index (χ0) is 17.1. The van der Waals surface area contributed by atoms with Gasteiger partial charge in [0.25, 0.3) is 0 Å². The van der Waals surface area contributed by atoms with Gasteiger partial charge in [0.1, 0.15) is 18.0 Å². The minimum Gasteiger partial charge on any atom is -0.486 e. The number of pyridine rings is 1. The van der Waals surface area contributed by atoms with Crippen LogP contribution in [0.5, 0.6) is 5.75 Å². The highest BCUT2D eigenvalue weighted by Crippen LogP contribution is 2.30. The molecule has 0 saturated carbocycles. The van der Waals surface area contributed by atoms with Crippen LogP contribution in [0.3, 0.4) is 0 Å². The Kier molecular flexibility index (Phi) is 5.58. The van der Waals surface area contributed by atoms with Gasteiger partial charge < -0.3 is 20.3 Å². The van der Waals surface area contributed by atoms with Gasteiger partial charge in [-0.05, 0) is 29.8 Å². The summed E-state index contributed by atoms with van der Waals surface area (Å²) in [6.07, 6.45) is 1.54. The van der Waals surface area contributed by atoms with Crippen molar-refractivity contribution < 1.29 is 14.6 Å². The van der Waals surface area contributed by atoms with Gasteiger partial charge in [-0.3, -0.25) is 4.98 Å². The molecule has 1 saturated heterocycles. The molecule has 1 unspecified atom stereocenters. The van der Waals surface area contributed by atoms with E-state index in [1.54, 1.807) is 36.5 Å². The van der Waals surface area contributed by atoms with Crippen molar-refractivity contribution in [1.29, 1.82) is 0 Å². The van der Waals surface area contributed by atoms with E-state index >= 15 is 0 Å². The van der Waals surface area contributed by atoms with Crippen molar-refractivity contribution in [2.75, 3.05) is 13.2 Å². The average molecular weight is 369 g/mol. The van der Waals surface area contributed by atoms with Gasteiger partial charge in [-0.2, -0.15) is 0 Å². The van der Waals surface area contributed by atoms with Crippen LogP contribution in [0.2, 0.25) is 10.0 Å². The second-order valence-corrected chi connectivity index (χ2v) is 6.48. The molecule has 3 rings (SSSR count). The molecule has 1 aliphatic rings. The van der Waals surface area contributed by atoms with E-state index in [0.29, 0.717) is 40.3 Å². The van der Waals surface area contributed by atoms with Crippen molar-refractivity contribution in [1.82, 2.24) is 4.98 Å². The van der Waals surface area contributed by atoms with Crippen molar-refractivity contribution in [2.45, 2.75) is 24.7 Å². The molecule has 1 aliphatic heterocycles. The third-order valence-electron chi connectivity index (χ3n) is 3.92. The van der Waals surface area contributed by atoms with Gasteiger partial charge in [0.05, 0.1) is 41.2 Å². The number of aromatic nitrogens is 1. The number of hydrogen-bond donors (Lipinski definition) is 2. The SMILES string of the molecule is N[C@H](c1ccc(Cl)c(Cl)c1)[C@H](O)c1ccc(OC2CCOC2)cn1. The first kappa shape index (κ1) is 17.5. The first-order valence-corrected chi connectivity index (χ1v) is 8.39. The summed E-state index contributed by atoms with van der Waals surface area (Å²) in [4.78, 5) is 4.25. The molecule has 3 atom stereocenters. The number of aliphatic hydroxyl groups excluding tert-OH is 1. The normalized spacial score (nSPS) is 19.9. The number of ether oxygens (including phenoxy) is 2. The molecular formula is C17H18Cl2N2O3. The van der Waals surface area contributed by atoms with E-state index in [0.717, 1.165) is 6.42 Å². The summed E-state index contributed by atoms with van der Waals surface area (Å²) >= 11 is 11.9. The quantitative estimate of drug-likeness (QED) is 0.846. The molecule has 0 radical (unpaired) electrons. The van der Waals surface area contributed by atoms with Gasteiger partial charge in [-0.25, -0.2) is 0 Å². The summed E-state index contributed by atoms with van der Waals surface area (Å²) in [5, 5.41) is 11.3. The van der Waals surface area contributed by atoms with E-state index in [-0.39, 0.29) is 6.10 Å². The van der Waals surface area contributed by atoms with Crippen LogP contribution < -0.4 is 10.5 Å². The molecule has 0 amide bonds. The predicted molar refractivity (Wildman–Crippen MR) is 92.4 cm³/mol. The number of aliphatic hydroxyl groups is 1. The number of nitrogens with zero attached hydrogens (tertiary/aromatic N) is 1. The van der Waals surface area contributed by atoms with Crippen LogP contribution in [0, 0.1) is 0 Å². The van der Waals surface area contributed by atoms with Crippen LogP contribution in [-0.2, 0) is 4.74 Å². The lowest BCUT2D eigenvalue weighted by molar-refractivity contribution is 0.137. The second-order valence-electron chi connectivity index (χ2n) is 5.67. The van der Waals surface area contributed by atoms with E-state index < -0.39 is 12.1 Å². The maximum absolute atomic E-state index is 10.5. The van der Waals surface area contributed by atoms with Crippen molar-refractivity contribution in [3.05, 3.63) is 57.8 Å². The summed E-state index contributed by atoms with van der Waals surface area (Å²) in [7, 11) is 0. The molecule has 0 spiro atoms. The molecule has 1 fully saturated rings. The fraction of sp³-hybridized carbons (Fsp3) is 0.353. The first-order chi connectivity index (χ1) is 11.5. The Hall–Kier alpha value is -1.37. The Balaban J connectivity index is 1.69. The molecule has 5 nitrogen and oxygen atoms in total. The molecule has 2 heterocycles. The Labute approximate surface area is 150 Å². The summed E-state index contributed by atoms with van der Waals surface area (Å²) in [5.41, 5.74) is 7.26. The zero-order valence-electron chi connectivity index (χ0n) is 12.9. The Morgan fingerprint density at radius 2 is 2.08 bits per heavy atom. The van der Waals surface area contributed by atoms with Gasteiger partial charge >= 0.3 is 0 Å². The smallest absolute Gasteiger partial charge is 0.138 e. The molecule has 1 aromatic heterocycles. The van der Waals surface area contributed by atoms with Crippen LogP contribution >= 0.6 is 23.2 Å². The number of halogens is 2. The van der Waals surface area contributed by atoms with Crippen molar-refractivity contribution in [3.8, 4) is 5.75 Å². The maximum Gasteiger partial charge on any atom is 0.138 e. The molecule has 0 aliphatic carbocycles. The van der Waals surface area contributed by atoms with Gasteiger partial charge in [0.2, 0.25) is 0 Å². The van der Waals surface area contributed by atoms with Crippen molar-refractivity contribution in [2.24, 2.45) is 5.73 Å². The molecule has 3 N–H and O–H groups in total. The van der Waals surface area contributed by atoms with E-state index in [2.05, 4.69) is 4.98 Å². The van der Waals surface area contributed by atoms with Crippen LogP contribution in [0.15, 0.2) is 36.5 Å². The predicted octanol–water partition coefficient (Wildman–Crippen LogP) is 3.29. The Morgan fingerprint density at radius 1 is 1.25 bits per heavy atom. The second kappa shape index (κ2) is 7.68. The Morgan fingerprint density at radius 3 is 2.71 bits per heavy atom. The minimum atomic E-state index is -0.967. The lowest BCUT2D eigenvalue weighted by Gasteiger charge is -2.20.